The van der Waals surface area contributed by atoms with Crippen LogP contribution in [0.2, 0.25) is 5.28 Å². The van der Waals surface area contributed by atoms with Crippen molar-refractivity contribution in [1.29, 1.82) is 0 Å². The van der Waals surface area contributed by atoms with E-state index in [1.807, 2.05) is 0 Å². The summed E-state index contributed by atoms with van der Waals surface area (Å²) in [5, 5.41) is 12.8. The van der Waals surface area contributed by atoms with Gasteiger partial charge >= 0.3 is 0 Å². The van der Waals surface area contributed by atoms with Gasteiger partial charge in [0.15, 0.2) is 0 Å². The number of halogens is 1. The van der Waals surface area contributed by atoms with Gasteiger partial charge < -0.3 is 15.4 Å². The molecule has 4 rings (SSSR count). The summed E-state index contributed by atoms with van der Waals surface area (Å²) in [6.45, 7) is 0. The van der Waals surface area contributed by atoms with Crippen LogP contribution < -0.4 is 15.4 Å². The molecule has 0 bridgehead atoms. The van der Waals surface area contributed by atoms with Gasteiger partial charge in [-0.3, -0.25) is 13.7 Å². The van der Waals surface area contributed by atoms with E-state index in [9.17, 15) is 38.9 Å². The average Bonchev–Trinajstić information content (AvgIpc) is 2.90. The second kappa shape index (κ2) is 12.1. The first-order valence-electron chi connectivity index (χ1n) is 11.2. The molecule has 4 aromatic rings. The summed E-state index contributed by atoms with van der Waals surface area (Å²) in [6.07, 6.45) is 0. The fraction of sp³-hybridized carbons (Fsp3) is 0.0455. The minimum Gasteiger partial charge on any atom is -0.494 e. The summed E-state index contributed by atoms with van der Waals surface area (Å²) in [5.41, 5.74) is 0.220. The number of nitrogens with one attached hydrogen (secondary N) is 2. The molecule has 17 nitrogen and oxygen atoms in total. The van der Waals surface area contributed by atoms with E-state index in [0.717, 1.165) is 24.3 Å². The lowest BCUT2D eigenvalue weighted by atomic mass is 10.2. The smallest absolute Gasteiger partial charge is 0.296 e. The normalized spacial score (nSPS) is 12.3. The van der Waals surface area contributed by atoms with E-state index in [-0.39, 0.29) is 44.9 Å². The molecule has 0 fully saturated rings. The SMILES string of the molecule is COc1cc(N=Nc2cccc(S(=O)(=O)O)c2)ccc1Nc1nc(Cl)nc(Nc2cc(S(=O)(=O)O)ccc2S(=O)(=O)O)n1. The first-order chi connectivity index (χ1) is 20.0. The second-order valence-corrected chi connectivity index (χ2v) is 12.7. The van der Waals surface area contributed by atoms with Crippen molar-refractivity contribution in [1.82, 2.24) is 15.0 Å². The van der Waals surface area contributed by atoms with Crippen LogP contribution in [-0.4, -0.2) is 61.0 Å². The molecule has 5 N–H and O–H groups in total. The molecule has 21 heteroatoms. The highest BCUT2D eigenvalue weighted by Crippen LogP contribution is 2.33. The van der Waals surface area contributed by atoms with Gasteiger partial charge in [0.25, 0.3) is 30.4 Å². The van der Waals surface area contributed by atoms with Gasteiger partial charge in [0, 0.05) is 6.07 Å². The molecule has 3 aromatic carbocycles. The Labute approximate surface area is 248 Å². The van der Waals surface area contributed by atoms with Crippen molar-refractivity contribution in [2.75, 3.05) is 17.7 Å². The van der Waals surface area contributed by atoms with Crippen LogP contribution in [0.5, 0.6) is 5.75 Å². The number of nitrogens with zero attached hydrogens (tertiary/aromatic N) is 5. The zero-order valence-corrected chi connectivity index (χ0v) is 24.5. The topological polar surface area (TPSA) is 260 Å². The average molecular weight is 672 g/mol. The highest BCUT2D eigenvalue weighted by atomic mass is 35.5. The van der Waals surface area contributed by atoms with Crippen LogP contribution in [0, 0.1) is 0 Å². The third kappa shape index (κ3) is 8.16. The monoisotopic (exact) mass is 671 g/mol. The number of hydrogen-bond donors (Lipinski definition) is 5. The van der Waals surface area contributed by atoms with Gasteiger partial charge in [-0.2, -0.15) is 50.4 Å². The minimum absolute atomic E-state index is 0.149. The summed E-state index contributed by atoms with van der Waals surface area (Å²) in [6, 6.07) is 11.9. The van der Waals surface area contributed by atoms with Crippen molar-refractivity contribution in [3.05, 3.63) is 65.9 Å². The van der Waals surface area contributed by atoms with Gasteiger partial charge in [-0.1, -0.05) is 6.07 Å². The molecule has 0 aliphatic carbocycles. The molecule has 0 unspecified atom stereocenters. The van der Waals surface area contributed by atoms with Crippen LogP contribution in [-0.2, 0) is 30.4 Å². The number of methoxy groups -OCH3 is 1. The number of rotatable bonds is 10. The number of anilines is 4. The van der Waals surface area contributed by atoms with Crippen molar-refractivity contribution < 1.29 is 43.6 Å². The molecule has 0 saturated carbocycles. The molecule has 1 aromatic heterocycles. The van der Waals surface area contributed by atoms with Gasteiger partial charge in [-0.15, -0.1) is 0 Å². The van der Waals surface area contributed by atoms with Gasteiger partial charge in [-0.25, -0.2) is 0 Å². The third-order valence-electron chi connectivity index (χ3n) is 5.21. The van der Waals surface area contributed by atoms with E-state index >= 15 is 0 Å². The van der Waals surface area contributed by atoms with Crippen LogP contribution >= 0.6 is 11.6 Å². The molecule has 43 heavy (non-hydrogen) atoms. The van der Waals surface area contributed by atoms with Crippen molar-refractivity contribution in [2.45, 2.75) is 14.7 Å². The van der Waals surface area contributed by atoms with Crippen LogP contribution in [0.4, 0.5) is 34.6 Å². The van der Waals surface area contributed by atoms with Gasteiger partial charge in [0.05, 0.1) is 39.7 Å². The molecular weight excluding hydrogens is 654 g/mol. The lowest BCUT2D eigenvalue weighted by Gasteiger charge is -2.13. The molecule has 0 atom stereocenters. The van der Waals surface area contributed by atoms with E-state index in [1.165, 1.54) is 43.5 Å². The summed E-state index contributed by atoms with van der Waals surface area (Å²) >= 11 is 6.00. The molecule has 0 spiro atoms. The maximum atomic E-state index is 11.8. The summed E-state index contributed by atoms with van der Waals surface area (Å²) < 4.78 is 103. The molecular formula is C22H18ClN7O10S3. The fourth-order valence-electron chi connectivity index (χ4n) is 3.36. The van der Waals surface area contributed by atoms with Crippen LogP contribution in [0.1, 0.15) is 0 Å². The van der Waals surface area contributed by atoms with E-state index < -0.39 is 45.8 Å². The maximum absolute atomic E-state index is 11.8. The van der Waals surface area contributed by atoms with Crippen molar-refractivity contribution in [3.8, 4) is 5.75 Å². The van der Waals surface area contributed by atoms with E-state index in [1.54, 1.807) is 0 Å². The highest BCUT2D eigenvalue weighted by Gasteiger charge is 2.21. The molecule has 1 heterocycles. The predicted molar refractivity (Wildman–Crippen MR) is 151 cm³/mol. The van der Waals surface area contributed by atoms with Crippen molar-refractivity contribution in [2.24, 2.45) is 10.2 Å². The predicted octanol–water partition coefficient (Wildman–Crippen LogP) is 4.18. The van der Waals surface area contributed by atoms with Crippen molar-refractivity contribution >= 4 is 76.6 Å². The minimum atomic E-state index is -4.86. The fourth-order valence-corrected chi connectivity index (χ4v) is 5.18. The number of ether oxygens (including phenoxy) is 1. The van der Waals surface area contributed by atoms with E-state index in [4.69, 9.17) is 16.3 Å². The van der Waals surface area contributed by atoms with Crippen molar-refractivity contribution in [3.63, 3.8) is 0 Å². The van der Waals surface area contributed by atoms with E-state index in [2.05, 4.69) is 35.8 Å². The summed E-state index contributed by atoms with van der Waals surface area (Å²) in [5.74, 6) is -0.350. The standard InChI is InChI=1S/C22H18ClN7O10S3/c1-40-18-10-13(30-29-12-3-2-4-14(9-12)41(31,32)33)5-7-16(18)24-21-26-20(23)27-22(28-21)25-17-11-15(42(34,35)36)6-8-19(17)43(37,38)39/h2-11H,1H3,(H,31,32,33)(H,34,35,36)(H,37,38,39)(H2,24,25,26,27,28). The van der Waals surface area contributed by atoms with Crippen LogP contribution in [0.3, 0.4) is 0 Å². The highest BCUT2D eigenvalue weighted by molar-refractivity contribution is 7.86. The lowest BCUT2D eigenvalue weighted by molar-refractivity contribution is 0.417. The first-order valence-corrected chi connectivity index (χ1v) is 15.9. The summed E-state index contributed by atoms with van der Waals surface area (Å²) in [7, 11) is -12.7. The van der Waals surface area contributed by atoms with Gasteiger partial charge in [0.2, 0.25) is 17.2 Å². The number of hydrogen-bond acceptors (Lipinski definition) is 14. The van der Waals surface area contributed by atoms with Crippen LogP contribution in [0.25, 0.3) is 0 Å². The Morgan fingerprint density at radius 2 is 1.28 bits per heavy atom. The first kappa shape index (κ1) is 31.6. The quantitative estimate of drug-likeness (QED) is 0.117. The Morgan fingerprint density at radius 1 is 0.698 bits per heavy atom. The molecule has 226 valence electrons. The Bertz CT molecular complexity index is 2080. The Morgan fingerprint density at radius 3 is 1.86 bits per heavy atom. The number of aromatic nitrogens is 3. The zero-order valence-electron chi connectivity index (χ0n) is 21.3. The Balaban J connectivity index is 1.62. The third-order valence-corrected chi connectivity index (χ3v) is 7.99. The summed E-state index contributed by atoms with van der Waals surface area (Å²) in [4.78, 5) is 10.00. The molecule has 0 radical (unpaired) electrons. The molecule has 0 amide bonds. The Kier molecular flexibility index (Phi) is 8.92. The van der Waals surface area contributed by atoms with Gasteiger partial charge in [-0.05, 0) is 60.1 Å². The lowest BCUT2D eigenvalue weighted by Crippen LogP contribution is -2.09. The van der Waals surface area contributed by atoms with E-state index in [0.29, 0.717) is 0 Å². The molecule has 0 aliphatic heterocycles. The zero-order chi connectivity index (χ0) is 31.6. The number of azo groups is 1. The van der Waals surface area contributed by atoms with Gasteiger partial charge in [0.1, 0.15) is 10.6 Å². The second-order valence-electron chi connectivity index (χ2n) is 8.17. The maximum Gasteiger partial charge on any atom is 0.296 e. The molecule has 0 aliphatic rings. The molecule has 0 saturated heterocycles. The number of benzene rings is 3. The largest absolute Gasteiger partial charge is 0.494 e. The van der Waals surface area contributed by atoms with Crippen LogP contribution in [0.15, 0.2) is 85.6 Å². The Hall–Kier alpha value is -4.31.